The van der Waals surface area contributed by atoms with Crippen LogP contribution in [0.2, 0.25) is 5.02 Å². The molecule has 5 aromatic rings. The number of methoxy groups -OCH3 is 7. The van der Waals surface area contributed by atoms with Crippen LogP contribution in [0.1, 0.15) is 151 Å². The van der Waals surface area contributed by atoms with Crippen molar-refractivity contribution in [3.8, 4) is 28.7 Å². The van der Waals surface area contributed by atoms with Gasteiger partial charge in [0.05, 0.1) is 63.4 Å². The molecule has 15 nitrogen and oxygen atoms in total. The number of ketones is 1. The number of ether oxygens (including phenoxy) is 12. The van der Waals surface area contributed by atoms with Crippen molar-refractivity contribution >= 4 is 23.3 Å². The normalized spacial score (nSPS) is 12.0. The fourth-order valence-electron chi connectivity index (χ4n) is 9.04. The predicted molar refractivity (Wildman–Crippen MR) is 329 cm³/mol. The standard InChI is InChI=1S/C26H36O6.C24H33ClO5.C17H27NO3/c1-7-18(2)21-8-9-25(24(14-21)19(3)27)31-10-11-32-26-22(16-29-5)12-20(15-28-4)13-23(26)17-30-6;1-6-17(2)19-7-8-23(22(25)13-19)29-9-10-30-24-20(15-27-4)11-18(14-26-3)12-21(24)16-28-5;1-6-12(2)17(19)18-7-8-21-16-13(3)9-15(11-20-5)10-14(16)4/h8-9,12-14,18H,7,10-11,15-17H2,1-6H3;7-8,11-13,17H,6,9-10,14-16H2,1-5H3;9-10,12H,6-8,11H2,1-5H3,(H,18,19). The van der Waals surface area contributed by atoms with Gasteiger partial charge >= 0.3 is 0 Å². The molecule has 0 aliphatic heterocycles. The number of nitrogens with one attached hydrogen (secondary N) is 1. The molecule has 0 aromatic heterocycles. The SMILES string of the molecule is CCC(C)C(=O)NCCOc1c(C)cc(COC)cc1C.CCC(C)c1ccc(OCCOc2c(COC)cc(COC)cc2COC)c(C(C)=O)c1.CCC(C)c1ccc(OCCOc2c(COC)cc(COC)cc2COC)c(Cl)c1. The first kappa shape index (κ1) is 71.5. The Morgan fingerprint density at radius 3 is 1.22 bits per heavy atom. The molecule has 460 valence electrons. The third-order valence-corrected chi connectivity index (χ3v) is 14.1. The molecule has 0 aliphatic carbocycles. The number of rotatable bonds is 35. The summed E-state index contributed by atoms with van der Waals surface area (Å²) in [6.45, 7) is 23.9. The molecule has 0 saturated carbocycles. The zero-order valence-electron chi connectivity index (χ0n) is 52.6. The Labute approximate surface area is 501 Å². The molecule has 0 spiro atoms. The maximum Gasteiger partial charge on any atom is 0.222 e. The topological polar surface area (TPSA) is 157 Å². The number of halogens is 1. The van der Waals surface area contributed by atoms with Crippen LogP contribution in [0.25, 0.3) is 0 Å². The lowest BCUT2D eigenvalue weighted by atomic mass is 9.95. The van der Waals surface area contributed by atoms with Crippen LogP contribution < -0.4 is 29.0 Å². The molecular formula is C67H96ClNO14. The molecule has 5 aromatic carbocycles. The van der Waals surface area contributed by atoms with Crippen LogP contribution >= 0.6 is 11.6 Å². The number of Topliss-reactive ketones (excluding diaryl/α,β-unsaturated/α-hetero) is 1. The van der Waals surface area contributed by atoms with E-state index in [2.05, 4.69) is 51.2 Å². The van der Waals surface area contributed by atoms with Crippen molar-refractivity contribution in [3.05, 3.63) is 145 Å². The lowest BCUT2D eigenvalue weighted by Crippen LogP contribution is -2.32. The second-order valence-corrected chi connectivity index (χ2v) is 20.9. The van der Waals surface area contributed by atoms with E-state index in [4.69, 9.17) is 68.4 Å². The molecular weight excluding hydrogens is 1080 g/mol. The van der Waals surface area contributed by atoms with Gasteiger partial charge in [-0.15, -0.1) is 0 Å². The predicted octanol–water partition coefficient (Wildman–Crippen LogP) is 14.0. The van der Waals surface area contributed by atoms with Crippen LogP contribution in [0, 0.1) is 19.8 Å². The van der Waals surface area contributed by atoms with Crippen LogP contribution in [0.3, 0.4) is 0 Å². The van der Waals surface area contributed by atoms with Crippen molar-refractivity contribution in [2.45, 2.75) is 140 Å². The van der Waals surface area contributed by atoms with Gasteiger partial charge in [0.1, 0.15) is 61.8 Å². The summed E-state index contributed by atoms with van der Waals surface area (Å²) in [5, 5.41) is 3.51. The molecule has 1 N–H and O–H groups in total. The van der Waals surface area contributed by atoms with Gasteiger partial charge in [-0.05, 0) is 139 Å². The van der Waals surface area contributed by atoms with Gasteiger partial charge in [0.25, 0.3) is 0 Å². The van der Waals surface area contributed by atoms with Gasteiger partial charge in [-0.1, -0.05) is 77.4 Å². The highest BCUT2D eigenvalue weighted by atomic mass is 35.5. The van der Waals surface area contributed by atoms with Gasteiger partial charge in [0.2, 0.25) is 5.91 Å². The monoisotopic (exact) mass is 1170 g/mol. The zero-order valence-corrected chi connectivity index (χ0v) is 53.3. The first-order valence-corrected chi connectivity index (χ1v) is 29.0. The Morgan fingerprint density at radius 1 is 0.458 bits per heavy atom. The molecule has 83 heavy (non-hydrogen) atoms. The summed E-state index contributed by atoms with van der Waals surface area (Å²) in [6, 6.07) is 24.1. The van der Waals surface area contributed by atoms with Crippen LogP contribution in [-0.2, 0) is 84.2 Å². The van der Waals surface area contributed by atoms with Crippen LogP contribution in [0.5, 0.6) is 28.7 Å². The minimum absolute atomic E-state index is 0.00966. The second-order valence-electron chi connectivity index (χ2n) is 20.5. The van der Waals surface area contributed by atoms with Crippen molar-refractivity contribution < 1.29 is 66.4 Å². The average molecular weight is 1170 g/mol. The van der Waals surface area contributed by atoms with Crippen molar-refractivity contribution in [1.82, 2.24) is 5.32 Å². The Balaban J connectivity index is 0.000000334. The Morgan fingerprint density at radius 2 is 0.831 bits per heavy atom. The lowest BCUT2D eigenvalue weighted by molar-refractivity contribution is -0.124. The minimum Gasteiger partial charge on any atom is -0.491 e. The van der Waals surface area contributed by atoms with Crippen molar-refractivity contribution in [1.29, 1.82) is 0 Å². The molecule has 0 radical (unpaired) electrons. The third kappa shape index (κ3) is 24.0. The fraction of sp³-hybridized carbons (Fsp3) is 0.522. The van der Waals surface area contributed by atoms with Gasteiger partial charge in [-0.2, -0.15) is 0 Å². The number of hydrogen-bond donors (Lipinski definition) is 1. The van der Waals surface area contributed by atoms with Gasteiger partial charge in [-0.25, -0.2) is 0 Å². The minimum atomic E-state index is -0.00966. The highest BCUT2D eigenvalue weighted by Crippen LogP contribution is 2.33. The van der Waals surface area contributed by atoms with Gasteiger partial charge < -0.3 is 62.2 Å². The molecule has 0 fully saturated rings. The summed E-state index contributed by atoms with van der Waals surface area (Å²) in [6.07, 6.45) is 2.94. The molecule has 0 aliphatic rings. The molecule has 3 unspecified atom stereocenters. The molecule has 0 bridgehead atoms. The molecule has 16 heteroatoms. The summed E-state index contributed by atoms with van der Waals surface area (Å²) in [4.78, 5) is 23.8. The number of carbonyl (C=O) groups is 2. The van der Waals surface area contributed by atoms with Crippen LogP contribution in [0.15, 0.2) is 72.8 Å². The van der Waals surface area contributed by atoms with Crippen LogP contribution in [0.4, 0.5) is 0 Å². The van der Waals surface area contributed by atoms with E-state index in [0.29, 0.717) is 120 Å². The third-order valence-electron chi connectivity index (χ3n) is 13.8. The van der Waals surface area contributed by atoms with E-state index < -0.39 is 0 Å². The number of aryl methyl sites for hydroxylation is 2. The average Bonchev–Trinajstić information content (AvgIpc) is 3.47. The molecule has 0 heterocycles. The quantitative estimate of drug-likeness (QED) is 0.0302. The van der Waals surface area contributed by atoms with E-state index in [1.54, 1.807) is 56.7 Å². The molecule has 0 saturated heterocycles. The lowest BCUT2D eigenvalue weighted by Gasteiger charge is -2.18. The van der Waals surface area contributed by atoms with Gasteiger partial charge in [0.15, 0.2) is 5.78 Å². The van der Waals surface area contributed by atoms with Crippen molar-refractivity contribution in [2.75, 3.05) is 89.3 Å². The molecule has 1 amide bonds. The van der Waals surface area contributed by atoms with E-state index in [0.717, 1.165) is 92.1 Å². The Bertz CT molecular complexity index is 2640. The summed E-state index contributed by atoms with van der Waals surface area (Å²) in [5.41, 5.74) is 12.1. The highest BCUT2D eigenvalue weighted by Gasteiger charge is 2.18. The smallest absolute Gasteiger partial charge is 0.222 e. The Hall–Kier alpha value is -5.75. The summed E-state index contributed by atoms with van der Waals surface area (Å²) in [5.74, 6) is 4.64. The largest absolute Gasteiger partial charge is 0.491 e. The number of benzene rings is 5. The fourth-order valence-corrected chi connectivity index (χ4v) is 9.28. The maximum absolute atomic E-state index is 12.2. The summed E-state index contributed by atoms with van der Waals surface area (Å²) < 4.78 is 66.9. The first-order valence-electron chi connectivity index (χ1n) is 28.7. The van der Waals surface area contributed by atoms with Crippen molar-refractivity contribution in [3.63, 3.8) is 0 Å². The first-order chi connectivity index (χ1) is 40.0. The summed E-state index contributed by atoms with van der Waals surface area (Å²) >= 11 is 6.40. The van der Waals surface area contributed by atoms with E-state index in [9.17, 15) is 9.59 Å². The van der Waals surface area contributed by atoms with E-state index in [-0.39, 0.29) is 17.6 Å². The summed E-state index contributed by atoms with van der Waals surface area (Å²) in [7, 11) is 11.7. The number of hydrogen-bond acceptors (Lipinski definition) is 14. The molecule has 5 rings (SSSR count). The maximum atomic E-state index is 12.2. The zero-order chi connectivity index (χ0) is 61.3. The Kier molecular flexibility index (Phi) is 34.2. The van der Waals surface area contributed by atoms with Gasteiger partial charge in [0, 0.05) is 77.9 Å². The van der Waals surface area contributed by atoms with E-state index in [1.807, 2.05) is 82.3 Å². The van der Waals surface area contributed by atoms with Crippen LogP contribution in [-0.4, -0.2) is 101 Å². The van der Waals surface area contributed by atoms with Crippen molar-refractivity contribution in [2.24, 2.45) is 5.92 Å². The highest BCUT2D eigenvalue weighted by molar-refractivity contribution is 6.32. The van der Waals surface area contributed by atoms with E-state index >= 15 is 0 Å². The number of carbonyl (C=O) groups excluding carboxylic acids is 2. The van der Waals surface area contributed by atoms with Gasteiger partial charge in [-0.3, -0.25) is 9.59 Å². The second kappa shape index (κ2) is 39.7. The number of amides is 1. The molecule has 3 atom stereocenters. The van der Waals surface area contributed by atoms with E-state index in [1.165, 1.54) is 5.56 Å².